The molecular weight excluding hydrogens is 422 g/mol. The van der Waals surface area contributed by atoms with Gasteiger partial charge in [0.1, 0.15) is 5.71 Å². The van der Waals surface area contributed by atoms with Gasteiger partial charge in [-0.1, -0.05) is 53.8 Å². The number of rotatable bonds is 5. The predicted molar refractivity (Wildman–Crippen MR) is 128 cm³/mol. The fraction of sp³-hybridized carbons (Fsp3) is 0.292. The summed E-state index contributed by atoms with van der Waals surface area (Å²) in [6.45, 7) is 6.20. The molecule has 2 aliphatic heterocycles. The first-order chi connectivity index (χ1) is 15.7. The Morgan fingerprint density at radius 3 is 2.47 bits per heavy atom. The molecule has 0 spiro atoms. The quantitative estimate of drug-likeness (QED) is 0.609. The molecule has 2 aliphatic rings. The lowest BCUT2D eigenvalue weighted by molar-refractivity contribution is -0.114. The largest absolute Gasteiger partial charge is 0.395 e. The van der Waals surface area contributed by atoms with Crippen molar-refractivity contribution in [3.63, 3.8) is 0 Å². The third-order valence-electron chi connectivity index (χ3n) is 5.98. The van der Waals surface area contributed by atoms with Gasteiger partial charge in [0, 0.05) is 44.0 Å². The molecule has 1 N–H and O–H groups in total. The highest BCUT2D eigenvalue weighted by molar-refractivity contribution is 7.22. The molecular formula is C24H25N5O2S. The molecule has 164 valence electrons. The maximum Gasteiger partial charge on any atom is 0.284 e. The summed E-state index contributed by atoms with van der Waals surface area (Å²) >= 11 is 1.47. The Labute approximate surface area is 190 Å². The molecule has 0 bridgehead atoms. The van der Waals surface area contributed by atoms with Crippen molar-refractivity contribution in [1.82, 2.24) is 14.8 Å². The van der Waals surface area contributed by atoms with E-state index in [4.69, 9.17) is 5.10 Å². The van der Waals surface area contributed by atoms with Gasteiger partial charge in [0.2, 0.25) is 5.13 Å². The summed E-state index contributed by atoms with van der Waals surface area (Å²) < 4.78 is 1.03. The summed E-state index contributed by atoms with van der Waals surface area (Å²) in [6.07, 6.45) is 0. The number of thiazole rings is 1. The fourth-order valence-corrected chi connectivity index (χ4v) is 5.13. The number of carbonyl (C=O) groups is 1. The third kappa shape index (κ3) is 3.81. The highest BCUT2D eigenvalue weighted by atomic mass is 32.1. The smallest absolute Gasteiger partial charge is 0.284 e. The van der Waals surface area contributed by atoms with E-state index < -0.39 is 0 Å². The van der Waals surface area contributed by atoms with Gasteiger partial charge in [0.05, 0.1) is 22.4 Å². The van der Waals surface area contributed by atoms with Crippen LogP contribution in [0.15, 0.2) is 71.0 Å². The maximum absolute atomic E-state index is 13.7. The lowest BCUT2D eigenvalue weighted by Crippen LogP contribution is -2.46. The molecule has 0 aliphatic carbocycles. The van der Waals surface area contributed by atoms with Crippen molar-refractivity contribution in [3.05, 3.63) is 71.4 Å². The molecule has 0 atom stereocenters. The molecule has 1 aromatic heterocycles. The molecule has 3 aromatic rings. The number of hydrogen-bond donors (Lipinski definition) is 1. The van der Waals surface area contributed by atoms with Crippen molar-refractivity contribution >= 4 is 38.3 Å². The molecule has 5 rings (SSSR count). The molecule has 32 heavy (non-hydrogen) atoms. The van der Waals surface area contributed by atoms with Crippen LogP contribution in [0.25, 0.3) is 10.2 Å². The van der Waals surface area contributed by atoms with Crippen LogP contribution in [-0.4, -0.2) is 70.8 Å². The summed E-state index contributed by atoms with van der Waals surface area (Å²) in [6, 6.07) is 17.7. The molecule has 8 heteroatoms. The van der Waals surface area contributed by atoms with Crippen LogP contribution >= 0.6 is 11.3 Å². The number of aliphatic hydroxyl groups is 1. The third-order valence-corrected chi connectivity index (χ3v) is 6.99. The SMILES string of the molecule is C/C(=C1/C(=O)N(c2nc3ccccc3s2)N=C1c1ccccc1)N1CCN(CCO)CC1. The number of hydrazone groups is 1. The molecule has 0 radical (unpaired) electrons. The van der Waals surface area contributed by atoms with E-state index in [1.807, 2.05) is 61.5 Å². The molecule has 7 nitrogen and oxygen atoms in total. The number of β-amino-alcohol motifs (C(OH)–C–C–N with tert-alkyl or cyclic N) is 1. The number of aromatic nitrogens is 1. The number of aliphatic hydroxyl groups excluding tert-OH is 1. The van der Waals surface area contributed by atoms with Gasteiger partial charge in [0.25, 0.3) is 5.91 Å². The number of fused-ring (bicyclic) bond motifs is 1. The van der Waals surface area contributed by atoms with Crippen LogP contribution in [0.5, 0.6) is 0 Å². The Bertz CT molecular complexity index is 1160. The summed E-state index contributed by atoms with van der Waals surface area (Å²) in [5.74, 6) is -0.141. The number of benzene rings is 2. The highest BCUT2D eigenvalue weighted by Crippen LogP contribution is 2.34. The standard InChI is InChI=1S/C24H25N5O2S/c1-17(28-13-11-27(12-14-28)15-16-30)21-22(18-7-3-2-4-8-18)26-29(23(21)31)24-25-19-9-5-6-10-20(19)32-24/h2-10,30H,11-16H2,1H3/b21-17-. The first kappa shape index (κ1) is 20.8. The van der Waals surface area contributed by atoms with Gasteiger partial charge in [0.15, 0.2) is 0 Å². The molecule has 0 saturated carbocycles. The van der Waals surface area contributed by atoms with Crippen molar-refractivity contribution in [1.29, 1.82) is 0 Å². The number of piperazine rings is 1. The van der Waals surface area contributed by atoms with E-state index in [-0.39, 0.29) is 12.5 Å². The van der Waals surface area contributed by atoms with Gasteiger partial charge in [-0.2, -0.15) is 10.1 Å². The average Bonchev–Trinajstić information content (AvgIpc) is 3.41. The van der Waals surface area contributed by atoms with E-state index in [2.05, 4.69) is 14.8 Å². The second kappa shape index (κ2) is 8.82. The van der Waals surface area contributed by atoms with Crippen LogP contribution in [0.4, 0.5) is 5.13 Å². The lowest BCUT2D eigenvalue weighted by Gasteiger charge is -2.36. The van der Waals surface area contributed by atoms with Gasteiger partial charge in [-0.15, -0.1) is 0 Å². The van der Waals surface area contributed by atoms with Crippen LogP contribution in [0, 0.1) is 0 Å². The van der Waals surface area contributed by atoms with Crippen LogP contribution in [0.3, 0.4) is 0 Å². The molecule has 3 heterocycles. The minimum absolute atomic E-state index is 0.141. The Morgan fingerprint density at radius 1 is 1.03 bits per heavy atom. The Kier molecular flexibility index (Phi) is 5.73. The highest BCUT2D eigenvalue weighted by Gasteiger charge is 2.36. The van der Waals surface area contributed by atoms with Crippen molar-refractivity contribution in [2.24, 2.45) is 5.10 Å². The monoisotopic (exact) mass is 447 g/mol. The van der Waals surface area contributed by atoms with Crippen molar-refractivity contribution in [2.75, 3.05) is 44.3 Å². The van der Waals surface area contributed by atoms with E-state index in [1.54, 1.807) is 0 Å². The van der Waals surface area contributed by atoms with E-state index in [9.17, 15) is 9.90 Å². The second-order valence-electron chi connectivity index (χ2n) is 7.91. The Hall–Kier alpha value is -3.07. The van der Waals surface area contributed by atoms with Crippen molar-refractivity contribution < 1.29 is 9.90 Å². The molecule has 1 fully saturated rings. The van der Waals surface area contributed by atoms with Crippen LogP contribution < -0.4 is 5.01 Å². The first-order valence-electron chi connectivity index (χ1n) is 10.8. The van der Waals surface area contributed by atoms with E-state index in [0.29, 0.717) is 23.0 Å². The average molecular weight is 448 g/mol. The normalized spacial score (nSPS) is 19.1. The number of anilines is 1. The zero-order valence-electron chi connectivity index (χ0n) is 17.9. The number of amides is 1. The minimum atomic E-state index is -0.141. The number of hydrogen-bond acceptors (Lipinski definition) is 7. The number of para-hydroxylation sites is 1. The summed E-state index contributed by atoms with van der Waals surface area (Å²) in [7, 11) is 0. The van der Waals surface area contributed by atoms with E-state index in [0.717, 1.165) is 47.7 Å². The lowest BCUT2D eigenvalue weighted by atomic mass is 10.0. The van der Waals surface area contributed by atoms with Gasteiger partial charge in [-0.3, -0.25) is 9.69 Å². The van der Waals surface area contributed by atoms with Gasteiger partial charge >= 0.3 is 0 Å². The first-order valence-corrected chi connectivity index (χ1v) is 11.6. The van der Waals surface area contributed by atoms with Crippen molar-refractivity contribution in [2.45, 2.75) is 6.92 Å². The van der Waals surface area contributed by atoms with Crippen LogP contribution in [0.1, 0.15) is 12.5 Å². The van der Waals surface area contributed by atoms with E-state index in [1.165, 1.54) is 16.3 Å². The summed E-state index contributed by atoms with van der Waals surface area (Å²) in [5.41, 5.74) is 4.03. The molecule has 1 saturated heterocycles. The minimum Gasteiger partial charge on any atom is -0.395 e. The number of allylic oxidation sites excluding steroid dienone is 1. The van der Waals surface area contributed by atoms with Crippen molar-refractivity contribution in [3.8, 4) is 0 Å². The number of carbonyl (C=O) groups excluding carboxylic acids is 1. The topological polar surface area (TPSA) is 72.3 Å². The summed E-state index contributed by atoms with van der Waals surface area (Å²) in [4.78, 5) is 22.8. The fourth-order valence-electron chi connectivity index (χ4n) is 4.21. The second-order valence-corrected chi connectivity index (χ2v) is 8.92. The maximum atomic E-state index is 13.7. The molecule has 2 aromatic carbocycles. The zero-order chi connectivity index (χ0) is 22.1. The number of nitrogens with zero attached hydrogens (tertiary/aromatic N) is 5. The Balaban J connectivity index is 1.53. The van der Waals surface area contributed by atoms with Crippen LogP contribution in [-0.2, 0) is 4.79 Å². The van der Waals surface area contributed by atoms with Gasteiger partial charge in [-0.25, -0.2) is 4.98 Å². The molecule has 1 amide bonds. The molecule has 0 unspecified atom stereocenters. The van der Waals surface area contributed by atoms with Crippen LogP contribution in [0.2, 0.25) is 0 Å². The summed E-state index contributed by atoms with van der Waals surface area (Å²) in [5, 5.41) is 16.0. The van der Waals surface area contributed by atoms with E-state index >= 15 is 0 Å². The van der Waals surface area contributed by atoms with Gasteiger partial charge < -0.3 is 10.0 Å². The van der Waals surface area contributed by atoms with Gasteiger partial charge in [-0.05, 0) is 19.1 Å². The predicted octanol–water partition coefficient (Wildman–Crippen LogP) is 2.93. The zero-order valence-corrected chi connectivity index (χ0v) is 18.8. The Morgan fingerprint density at radius 2 is 1.75 bits per heavy atom.